The maximum atomic E-state index is 12.4. The molecule has 7 heteroatoms. The van der Waals surface area contributed by atoms with E-state index < -0.39 is 6.23 Å². The third-order valence-electron chi connectivity index (χ3n) is 4.96. The fraction of sp³-hybridized carbons (Fsp3) is 0.476. The minimum atomic E-state index is -0.704. The minimum Gasteiger partial charge on any atom is -0.374 e. The van der Waals surface area contributed by atoms with E-state index in [0.717, 1.165) is 29.7 Å². The van der Waals surface area contributed by atoms with E-state index in [2.05, 4.69) is 34.4 Å². The van der Waals surface area contributed by atoms with Crippen molar-refractivity contribution in [3.8, 4) is 0 Å². The van der Waals surface area contributed by atoms with E-state index in [-0.39, 0.29) is 18.0 Å². The smallest absolute Gasteiger partial charge is 0.233 e. The quantitative estimate of drug-likeness (QED) is 0.606. The Kier molecular flexibility index (Phi) is 6.26. The summed E-state index contributed by atoms with van der Waals surface area (Å²) in [6, 6.07) is 7.81. The van der Waals surface area contributed by atoms with Crippen molar-refractivity contribution in [1.82, 2.24) is 15.3 Å². The van der Waals surface area contributed by atoms with Gasteiger partial charge in [-0.05, 0) is 44.4 Å². The topological polar surface area (TPSA) is 90.4 Å². The van der Waals surface area contributed by atoms with Crippen LogP contribution < -0.4 is 15.5 Å². The molecule has 0 saturated carbocycles. The lowest BCUT2D eigenvalue weighted by Gasteiger charge is -2.25. The number of rotatable bonds is 8. The molecule has 1 amide bonds. The molecule has 2 heterocycles. The van der Waals surface area contributed by atoms with Crippen molar-refractivity contribution >= 4 is 23.4 Å². The van der Waals surface area contributed by atoms with Crippen LogP contribution >= 0.6 is 0 Å². The summed E-state index contributed by atoms with van der Waals surface area (Å²) in [4.78, 5) is 23.2. The standard InChI is InChI=1S/C21H29N5O2/c1-5-17(6-2)26-18(27)11-15-12-22-21(25-19(15)26)24-16-9-7-14(8-10-16)20(28)23-13(3)4/h7-10,12-13,17,20,23,28H,5-6,11H2,1-4H3,(H,22,24,25). The number of amides is 1. The predicted molar refractivity (Wildman–Crippen MR) is 111 cm³/mol. The molecular weight excluding hydrogens is 354 g/mol. The first-order valence-corrected chi connectivity index (χ1v) is 9.92. The molecule has 0 bridgehead atoms. The number of nitrogens with one attached hydrogen (secondary N) is 2. The van der Waals surface area contributed by atoms with Crippen molar-refractivity contribution in [2.24, 2.45) is 0 Å². The number of anilines is 3. The summed E-state index contributed by atoms with van der Waals surface area (Å²) >= 11 is 0. The summed E-state index contributed by atoms with van der Waals surface area (Å²) < 4.78 is 0. The molecule has 3 rings (SSSR count). The molecule has 3 N–H and O–H groups in total. The van der Waals surface area contributed by atoms with Crippen LogP contribution in [0.2, 0.25) is 0 Å². The summed E-state index contributed by atoms with van der Waals surface area (Å²) in [6.07, 6.45) is 3.17. The Balaban J connectivity index is 1.77. The Morgan fingerprint density at radius 1 is 1.18 bits per heavy atom. The van der Waals surface area contributed by atoms with Gasteiger partial charge in [0.2, 0.25) is 11.9 Å². The lowest BCUT2D eigenvalue weighted by Crippen LogP contribution is -2.37. The molecule has 2 aromatic rings. The Bertz CT molecular complexity index is 818. The SMILES string of the molecule is CCC(CC)N1C(=O)Cc2cnc(Nc3ccc(C(O)NC(C)C)cc3)nc21. The summed E-state index contributed by atoms with van der Waals surface area (Å²) in [5.41, 5.74) is 2.49. The van der Waals surface area contributed by atoms with Gasteiger partial charge in [-0.2, -0.15) is 4.98 Å². The number of aromatic nitrogens is 2. The Labute approximate surface area is 166 Å². The van der Waals surface area contributed by atoms with E-state index in [0.29, 0.717) is 18.2 Å². The number of aliphatic hydroxyl groups excluding tert-OH is 1. The molecule has 0 saturated heterocycles. The van der Waals surface area contributed by atoms with Crippen LogP contribution in [0.5, 0.6) is 0 Å². The monoisotopic (exact) mass is 383 g/mol. The normalized spacial score (nSPS) is 14.7. The number of carbonyl (C=O) groups is 1. The van der Waals surface area contributed by atoms with Crippen LogP contribution in [-0.4, -0.2) is 33.1 Å². The van der Waals surface area contributed by atoms with E-state index in [1.165, 1.54) is 0 Å². The second kappa shape index (κ2) is 8.67. The van der Waals surface area contributed by atoms with Crippen molar-refractivity contribution in [2.75, 3.05) is 10.2 Å². The van der Waals surface area contributed by atoms with E-state index in [9.17, 15) is 9.90 Å². The van der Waals surface area contributed by atoms with Crippen LogP contribution in [0.1, 0.15) is 57.9 Å². The van der Waals surface area contributed by atoms with Crippen LogP contribution in [0.25, 0.3) is 0 Å². The fourth-order valence-electron chi connectivity index (χ4n) is 3.48. The summed E-state index contributed by atoms with van der Waals surface area (Å²) in [7, 11) is 0. The van der Waals surface area contributed by atoms with Crippen LogP contribution in [-0.2, 0) is 11.2 Å². The molecule has 1 unspecified atom stereocenters. The second-order valence-corrected chi connectivity index (χ2v) is 7.42. The highest BCUT2D eigenvalue weighted by Crippen LogP contribution is 2.31. The summed E-state index contributed by atoms with van der Waals surface area (Å²) in [6.45, 7) is 8.15. The average molecular weight is 383 g/mol. The van der Waals surface area contributed by atoms with Crippen molar-refractivity contribution in [2.45, 2.75) is 65.3 Å². The third-order valence-corrected chi connectivity index (χ3v) is 4.96. The van der Waals surface area contributed by atoms with Crippen molar-refractivity contribution in [1.29, 1.82) is 0 Å². The fourth-order valence-corrected chi connectivity index (χ4v) is 3.48. The zero-order valence-corrected chi connectivity index (χ0v) is 16.9. The Morgan fingerprint density at radius 2 is 1.86 bits per heavy atom. The number of fused-ring (bicyclic) bond motifs is 1. The zero-order chi connectivity index (χ0) is 20.3. The van der Waals surface area contributed by atoms with Gasteiger partial charge in [0.1, 0.15) is 12.0 Å². The van der Waals surface area contributed by atoms with Gasteiger partial charge in [0, 0.05) is 29.5 Å². The van der Waals surface area contributed by atoms with Gasteiger partial charge >= 0.3 is 0 Å². The van der Waals surface area contributed by atoms with E-state index >= 15 is 0 Å². The van der Waals surface area contributed by atoms with Crippen LogP contribution in [0.3, 0.4) is 0 Å². The van der Waals surface area contributed by atoms with Crippen molar-refractivity contribution < 1.29 is 9.90 Å². The first kappa shape index (κ1) is 20.2. The second-order valence-electron chi connectivity index (χ2n) is 7.42. The molecule has 28 heavy (non-hydrogen) atoms. The van der Waals surface area contributed by atoms with E-state index in [4.69, 9.17) is 0 Å². The van der Waals surface area contributed by atoms with E-state index in [1.807, 2.05) is 43.0 Å². The summed E-state index contributed by atoms with van der Waals surface area (Å²) in [5.74, 6) is 1.26. The molecule has 1 aliphatic rings. The first-order valence-electron chi connectivity index (χ1n) is 9.92. The van der Waals surface area contributed by atoms with Crippen LogP contribution in [0.4, 0.5) is 17.5 Å². The average Bonchev–Trinajstić information content (AvgIpc) is 2.98. The largest absolute Gasteiger partial charge is 0.374 e. The van der Waals surface area contributed by atoms with Gasteiger partial charge in [-0.1, -0.05) is 26.0 Å². The summed E-state index contributed by atoms with van der Waals surface area (Å²) in [5, 5.41) is 16.4. The van der Waals surface area contributed by atoms with Gasteiger partial charge < -0.3 is 10.4 Å². The molecule has 1 aromatic carbocycles. The lowest BCUT2D eigenvalue weighted by atomic mass is 10.1. The molecule has 0 aliphatic carbocycles. The number of benzene rings is 1. The van der Waals surface area contributed by atoms with Crippen molar-refractivity contribution in [3.05, 3.63) is 41.6 Å². The first-order chi connectivity index (χ1) is 13.4. The molecule has 1 aliphatic heterocycles. The molecular formula is C21H29N5O2. The molecule has 7 nitrogen and oxygen atoms in total. The molecule has 0 fully saturated rings. The van der Waals surface area contributed by atoms with Crippen LogP contribution in [0.15, 0.2) is 30.5 Å². The predicted octanol–water partition coefficient (Wildman–Crippen LogP) is 3.29. The maximum absolute atomic E-state index is 12.4. The van der Waals surface area contributed by atoms with Gasteiger partial charge in [0.15, 0.2) is 0 Å². The highest BCUT2D eigenvalue weighted by Gasteiger charge is 2.33. The van der Waals surface area contributed by atoms with Gasteiger partial charge in [-0.3, -0.25) is 15.0 Å². The maximum Gasteiger partial charge on any atom is 0.233 e. The number of nitrogens with zero attached hydrogens (tertiary/aromatic N) is 3. The van der Waals surface area contributed by atoms with Gasteiger partial charge in [-0.15, -0.1) is 0 Å². The van der Waals surface area contributed by atoms with E-state index in [1.54, 1.807) is 6.20 Å². The number of aliphatic hydroxyl groups is 1. The number of hydrogen-bond acceptors (Lipinski definition) is 6. The highest BCUT2D eigenvalue weighted by molar-refractivity contribution is 6.00. The van der Waals surface area contributed by atoms with Gasteiger partial charge in [0.25, 0.3) is 0 Å². The van der Waals surface area contributed by atoms with Crippen LogP contribution in [0, 0.1) is 0 Å². The molecule has 1 aromatic heterocycles. The number of carbonyl (C=O) groups excluding carboxylic acids is 1. The van der Waals surface area contributed by atoms with Gasteiger partial charge in [-0.25, -0.2) is 4.98 Å². The van der Waals surface area contributed by atoms with Crippen molar-refractivity contribution in [3.63, 3.8) is 0 Å². The molecule has 0 radical (unpaired) electrons. The third kappa shape index (κ3) is 4.31. The minimum absolute atomic E-state index is 0.0890. The highest BCUT2D eigenvalue weighted by atomic mass is 16.3. The Morgan fingerprint density at radius 3 is 2.46 bits per heavy atom. The Hall–Kier alpha value is -2.51. The number of hydrogen-bond donors (Lipinski definition) is 3. The van der Waals surface area contributed by atoms with Gasteiger partial charge in [0.05, 0.1) is 6.42 Å². The molecule has 1 atom stereocenters. The zero-order valence-electron chi connectivity index (χ0n) is 16.9. The molecule has 150 valence electrons. The molecule has 0 spiro atoms. The lowest BCUT2D eigenvalue weighted by molar-refractivity contribution is -0.117.